The van der Waals surface area contributed by atoms with Crippen LogP contribution in [0.1, 0.15) is 37.3 Å². The van der Waals surface area contributed by atoms with Gasteiger partial charge in [0.1, 0.15) is 17.3 Å². The Morgan fingerprint density at radius 3 is 2.58 bits per heavy atom. The summed E-state index contributed by atoms with van der Waals surface area (Å²) in [4.78, 5) is 13.6. The number of rotatable bonds is 3. The van der Waals surface area contributed by atoms with Gasteiger partial charge >= 0.3 is 0 Å². The van der Waals surface area contributed by atoms with E-state index in [4.69, 9.17) is 16.3 Å². The summed E-state index contributed by atoms with van der Waals surface area (Å²) in [5.41, 5.74) is 5.04. The molecule has 0 atom stereocenters. The van der Waals surface area contributed by atoms with E-state index in [1.165, 1.54) is 11.1 Å². The van der Waals surface area contributed by atoms with Crippen LogP contribution in [0.25, 0.3) is 5.57 Å². The second kappa shape index (κ2) is 7.26. The molecule has 0 bridgehead atoms. The Labute approximate surface area is 159 Å². The molecule has 0 spiro atoms. The summed E-state index contributed by atoms with van der Waals surface area (Å²) >= 11 is 6.19. The van der Waals surface area contributed by atoms with Crippen LogP contribution in [0.2, 0.25) is 5.02 Å². The van der Waals surface area contributed by atoms with E-state index in [0.717, 1.165) is 55.1 Å². The SMILES string of the molecule is CC(=O)CCN1CCC(=C2c3ccccc3Oc3cc(Cl)ccc32)CC1. The first-order valence-electron chi connectivity index (χ1n) is 9.13. The van der Waals surface area contributed by atoms with E-state index in [0.29, 0.717) is 11.4 Å². The van der Waals surface area contributed by atoms with E-state index in [-0.39, 0.29) is 5.78 Å². The van der Waals surface area contributed by atoms with Crippen LogP contribution in [-0.4, -0.2) is 30.3 Å². The molecule has 1 saturated heterocycles. The first-order chi connectivity index (χ1) is 12.6. The molecule has 0 radical (unpaired) electrons. The van der Waals surface area contributed by atoms with Gasteiger partial charge in [-0.25, -0.2) is 0 Å². The van der Waals surface area contributed by atoms with Crippen molar-refractivity contribution in [1.82, 2.24) is 4.90 Å². The van der Waals surface area contributed by atoms with Gasteiger partial charge in [-0.15, -0.1) is 0 Å². The molecule has 0 unspecified atom stereocenters. The number of benzene rings is 2. The molecule has 2 aliphatic heterocycles. The smallest absolute Gasteiger partial charge is 0.136 e. The van der Waals surface area contributed by atoms with Crippen LogP contribution >= 0.6 is 11.6 Å². The van der Waals surface area contributed by atoms with Crippen LogP contribution in [-0.2, 0) is 4.79 Å². The summed E-state index contributed by atoms with van der Waals surface area (Å²) in [5, 5.41) is 0.687. The van der Waals surface area contributed by atoms with Crippen molar-refractivity contribution in [1.29, 1.82) is 0 Å². The van der Waals surface area contributed by atoms with Gasteiger partial charge in [0.15, 0.2) is 0 Å². The third kappa shape index (κ3) is 3.42. The van der Waals surface area contributed by atoms with Crippen molar-refractivity contribution in [2.75, 3.05) is 19.6 Å². The van der Waals surface area contributed by atoms with Crippen molar-refractivity contribution < 1.29 is 9.53 Å². The van der Waals surface area contributed by atoms with Crippen LogP contribution in [0, 0.1) is 0 Å². The number of hydrogen-bond acceptors (Lipinski definition) is 3. The van der Waals surface area contributed by atoms with Crippen LogP contribution in [0.5, 0.6) is 11.5 Å². The highest BCUT2D eigenvalue weighted by atomic mass is 35.5. The van der Waals surface area contributed by atoms with E-state index in [9.17, 15) is 4.79 Å². The molecule has 1 fully saturated rings. The standard InChI is InChI=1S/C22H22ClNO2/c1-15(25)8-11-24-12-9-16(10-13-24)22-18-4-2-3-5-20(18)26-21-14-17(23)6-7-19(21)22/h2-7,14H,8-13H2,1H3. The number of fused-ring (bicyclic) bond motifs is 2. The Kier molecular flexibility index (Phi) is 4.84. The van der Waals surface area contributed by atoms with Gasteiger partial charge in [0.05, 0.1) is 0 Å². The number of likely N-dealkylation sites (tertiary alicyclic amines) is 1. The Bertz CT molecular complexity index is 877. The predicted molar refractivity (Wildman–Crippen MR) is 105 cm³/mol. The van der Waals surface area contributed by atoms with Crippen LogP contribution in [0.15, 0.2) is 48.0 Å². The molecule has 26 heavy (non-hydrogen) atoms. The summed E-state index contributed by atoms with van der Waals surface area (Å²) in [7, 11) is 0. The molecule has 0 aromatic heterocycles. The lowest BCUT2D eigenvalue weighted by molar-refractivity contribution is -0.117. The van der Waals surface area contributed by atoms with E-state index < -0.39 is 0 Å². The number of carbonyl (C=O) groups excluding carboxylic acids is 1. The number of ether oxygens (including phenoxy) is 1. The van der Waals surface area contributed by atoms with Crippen molar-refractivity contribution in [3.63, 3.8) is 0 Å². The molecule has 134 valence electrons. The number of Topliss-reactive ketones (excluding diaryl/α,β-unsaturated/α-hetero) is 1. The fourth-order valence-corrected chi connectivity index (χ4v) is 3.97. The van der Waals surface area contributed by atoms with Gasteiger partial charge in [0.25, 0.3) is 0 Å². The second-order valence-electron chi connectivity index (χ2n) is 7.01. The van der Waals surface area contributed by atoms with Crippen molar-refractivity contribution in [3.8, 4) is 11.5 Å². The van der Waals surface area contributed by atoms with Gasteiger partial charge in [-0.1, -0.05) is 35.4 Å². The van der Waals surface area contributed by atoms with Crippen molar-refractivity contribution in [2.24, 2.45) is 0 Å². The minimum atomic E-state index is 0.262. The number of nitrogens with zero attached hydrogens (tertiary/aromatic N) is 1. The molecule has 0 saturated carbocycles. The number of para-hydroxylation sites is 1. The topological polar surface area (TPSA) is 29.5 Å². The van der Waals surface area contributed by atoms with Crippen LogP contribution in [0.4, 0.5) is 0 Å². The van der Waals surface area contributed by atoms with Gasteiger partial charge in [-0.3, -0.25) is 4.79 Å². The first-order valence-corrected chi connectivity index (χ1v) is 9.50. The maximum atomic E-state index is 11.2. The summed E-state index contributed by atoms with van der Waals surface area (Å²) in [6.45, 7) is 4.53. The van der Waals surface area contributed by atoms with E-state index in [1.807, 2.05) is 24.3 Å². The zero-order valence-electron chi connectivity index (χ0n) is 14.9. The van der Waals surface area contributed by atoms with Crippen LogP contribution in [0.3, 0.4) is 0 Å². The number of hydrogen-bond donors (Lipinski definition) is 0. The molecule has 2 heterocycles. The number of carbonyl (C=O) groups is 1. The molecular formula is C22H22ClNO2. The van der Waals surface area contributed by atoms with Crippen molar-refractivity contribution in [2.45, 2.75) is 26.2 Å². The average Bonchev–Trinajstić information content (AvgIpc) is 2.65. The van der Waals surface area contributed by atoms with Gasteiger partial charge in [0.2, 0.25) is 0 Å². The molecule has 0 N–H and O–H groups in total. The molecule has 0 aliphatic carbocycles. The second-order valence-corrected chi connectivity index (χ2v) is 7.45. The maximum absolute atomic E-state index is 11.2. The monoisotopic (exact) mass is 367 g/mol. The van der Waals surface area contributed by atoms with E-state index >= 15 is 0 Å². The maximum Gasteiger partial charge on any atom is 0.136 e. The summed E-state index contributed by atoms with van der Waals surface area (Å²) in [6, 6.07) is 14.1. The molecule has 4 heteroatoms. The van der Waals surface area contributed by atoms with Crippen LogP contribution < -0.4 is 4.74 Å². The fraction of sp³-hybridized carbons (Fsp3) is 0.318. The summed E-state index contributed by atoms with van der Waals surface area (Å²) in [5.74, 6) is 1.99. The zero-order chi connectivity index (χ0) is 18.1. The Hall–Kier alpha value is -2.10. The van der Waals surface area contributed by atoms with E-state index in [1.54, 1.807) is 6.92 Å². The minimum absolute atomic E-state index is 0.262. The molecule has 0 amide bonds. The zero-order valence-corrected chi connectivity index (χ0v) is 15.7. The lowest BCUT2D eigenvalue weighted by Crippen LogP contribution is -2.32. The van der Waals surface area contributed by atoms with E-state index in [2.05, 4.69) is 23.1 Å². The molecular weight excluding hydrogens is 346 g/mol. The van der Waals surface area contributed by atoms with Gasteiger partial charge < -0.3 is 9.64 Å². The molecule has 4 rings (SSSR count). The van der Waals surface area contributed by atoms with Crippen molar-refractivity contribution in [3.05, 3.63) is 64.2 Å². The lowest BCUT2D eigenvalue weighted by atomic mass is 9.86. The minimum Gasteiger partial charge on any atom is -0.456 e. The fourth-order valence-electron chi connectivity index (χ4n) is 3.81. The number of halogens is 1. The van der Waals surface area contributed by atoms with Crippen molar-refractivity contribution >= 4 is 23.0 Å². The lowest BCUT2D eigenvalue weighted by Gasteiger charge is -2.32. The number of piperidine rings is 1. The summed E-state index contributed by atoms with van der Waals surface area (Å²) in [6.07, 6.45) is 2.68. The average molecular weight is 368 g/mol. The highest BCUT2D eigenvalue weighted by molar-refractivity contribution is 6.30. The molecule has 2 aromatic carbocycles. The molecule has 3 nitrogen and oxygen atoms in total. The largest absolute Gasteiger partial charge is 0.456 e. The Balaban J connectivity index is 1.68. The Morgan fingerprint density at radius 2 is 1.81 bits per heavy atom. The third-order valence-corrected chi connectivity index (χ3v) is 5.42. The van der Waals surface area contributed by atoms with Gasteiger partial charge in [-0.2, -0.15) is 0 Å². The predicted octanol–water partition coefficient (Wildman–Crippen LogP) is 5.32. The first kappa shape index (κ1) is 17.3. The highest BCUT2D eigenvalue weighted by Gasteiger charge is 2.26. The normalized spacial score (nSPS) is 16.7. The highest BCUT2D eigenvalue weighted by Crippen LogP contribution is 2.47. The summed E-state index contributed by atoms with van der Waals surface area (Å²) < 4.78 is 6.10. The molecule has 2 aliphatic rings. The van der Waals surface area contributed by atoms with Gasteiger partial charge in [0, 0.05) is 48.3 Å². The Morgan fingerprint density at radius 1 is 1.08 bits per heavy atom. The quantitative estimate of drug-likeness (QED) is 0.627. The number of ketones is 1. The van der Waals surface area contributed by atoms with Gasteiger partial charge in [-0.05, 0) is 43.5 Å². The third-order valence-electron chi connectivity index (χ3n) is 5.18. The molecule has 2 aromatic rings.